The third-order valence-electron chi connectivity index (χ3n) is 6.72. The highest BCUT2D eigenvalue weighted by atomic mass is 35.5. The zero-order chi connectivity index (χ0) is 22.6. The van der Waals surface area contributed by atoms with Crippen LogP contribution in [0.15, 0.2) is 48.5 Å². The lowest BCUT2D eigenvalue weighted by Gasteiger charge is -2.30. The molecule has 0 aromatic heterocycles. The summed E-state index contributed by atoms with van der Waals surface area (Å²) in [6, 6.07) is 12.9. The largest absolute Gasteiger partial charge is 0.387 e. The molecule has 0 aliphatic carbocycles. The summed E-state index contributed by atoms with van der Waals surface area (Å²) in [5.74, 6) is -3.17. The maximum absolute atomic E-state index is 13.5. The van der Waals surface area contributed by atoms with Gasteiger partial charge in [-0.3, -0.25) is 24.6 Å². The van der Waals surface area contributed by atoms with E-state index < -0.39 is 47.2 Å². The Morgan fingerprint density at radius 3 is 2.56 bits per heavy atom. The van der Waals surface area contributed by atoms with Crippen LogP contribution in [0.3, 0.4) is 0 Å². The first-order chi connectivity index (χ1) is 15.4. The van der Waals surface area contributed by atoms with Gasteiger partial charge in [0.05, 0.1) is 37.1 Å². The van der Waals surface area contributed by atoms with Crippen LogP contribution in [-0.4, -0.2) is 54.0 Å². The second-order valence-electron chi connectivity index (χ2n) is 8.30. The van der Waals surface area contributed by atoms with E-state index >= 15 is 0 Å². The first-order valence-corrected chi connectivity index (χ1v) is 10.7. The van der Waals surface area contributed by atoms with Crippen LogP contribution in [0.5, 0.6) is 0 Å². The Morgan fingerprint density at radius 1 is 1.12 bits per heavy atom. The number of benzene rings is 2. The van der Waals surface area contributed by atoms with Gasteiger partial charge in [0.2, 0.25) is 17.7 Å². The molecule has 3 N–H and O–H groups in total. The van der Waals surface area contributed by atoms with Crippen LogP contribution in [0.4, 0.5) is 5.69 Å². The normalized spacial score (nSPS) is 29.4. The number of aliphatic hydroxyl groups is 1. The minimum Gasteiger partial charge on any atom is -0.387 e. The third kappa shape index (κ3) is 2.84. The summed E-state index contributed by atoms with van der Waals surface area (Å²) in [6.45, 7) is 0.273. The third-order valence-corrected chi connectivity index (χ3v) is 6.97. The number of fused-ring (bicyclic) bond motifs is 4. The van der Waals surface area contributed by atoms with E-state index in [-0.39, 0.29) is 13.2 Å². The number of anilines is 1. The average Bonchev–Trinajstić information content (AvgIpc) is 3.38. The molecule has 1 spiro atoms. The van der Waals surface area contributed by atoms with Crippen LogP contribution >= 0.6 is 11.6 Å². The smallest absolute Gasteiger partial charge is 0.250 e. The number of hydrogen-bond donors (Lipinski definition) is 3. The first kappa shape index (κ1) is 21.1. The van der Waals surface area contributed by atoms with Gasteiger partial charge in [0.25, 0.3) is 0 Å². The van der Waals surface area contributed by atoms with Crippen molar-refractivity contribution in [2.24, 2.45) is 11.8 Å². The Hall–Kier alpha value is -2.78. The monoisotopic (exact) mass is 455 g/mol. The number of halogens is 1. The minimum atomic E-state index is -1.45. The number of nitrogens with one attached hydrogen (secondary N) is 2. The molecule has 9 heteroatoms. The summed E-state index contributed by atoms with van der Waals surface area (Å²) in [5.41, 5.74) is 0.264. The van der Waals surface area contributed by atoms with Crippen molar-refractivity contribution in [3.63, 3.8) is 0 Å². The SMILES string of the molecule is COCCN1C(=O)[C@H]2[C@@H]([C@H](O)c3ccc(Cl)cc3)N[C@@]3(C(=O)Nc4ccccc43)[C@@H]2C1=O. The number of aliphatic hydroxyl groups excluding tert-OH is 1. The highest BCUT2D eigenvalue weighted by Crippen LogP contribution is 2.54. The quantitative estimate of drug-likeness (QED) is 0.589. The molecule has 0 unspecified atom stereocenters. The van der Waals surface area contributed by atoms with Crippen LogP contribution in [0.2, 0.25) is 5.02 Å². The average molecular weight is 456 g/mol. The number of nitrogens with zero attached hydrogens (tertiary/aromatic N) is 1. The fourth-order valence-electron chi connectivity index (χ4n) is 5.29. The van der Waals surface area contributed by atoms with Crippen molar-refractivity contribution < 1.29 is 24.2 Å². The molecule has 32 heavy (non-hydrogen) atoms. The fraction of sp³-hybridized carbons (Fsp3) is 0.348. The standard InChI is InChI=1S/C23H22ClN3O5/c1-32-11-10-27-20(29)16-17(21(27)30)23(14-4-2-3-5-15(14)25-22(23)31)26-18(16)19(28)12-6-8-13(24)9-7-12/h2-9,16-19,26,28H,10-11H2,1H3,(H,25,31)/t16-,17+,18+,19-,23-/m1/s1. The number of carbonyl (C=O) groups excluding carboxylic acids is 3. The van der Waals surface area contributed by atoms with Gasteiger partial charge in [0.15, 0.2) is 0 Å². The van der Waals surface area contributed by atoms with E-state index in [0.29, 0.717) is 21.8 Å². The van der Waals surface area contributed by atoms with Gasteiger partial charge >= 0.3 is 0 Å². The highest BCUT2D eigenvalue weighted by molar-refractivity contribution is 6.30. The number of rotatable bonds is 5. The molecule has 8 nitrogen and oxygen atoms in total. The van der Waals surface area contributed by atoms with Gasteiger partial charge in [0, 0.05) is 23.4 Å². The minimum absolute atomic E-state index is 0.0876. The lowest BCUT2D eigenvalue weighted by molar-refractivity contribution is -0.143. The van der Waals surface area contributed by atoms with Gasteiger partial charge in [-0.05, 0) is 23.8 Å². The van der Waals surface area contributed by atoms with Gasteiger partial charge in [-0.15, -0.1) is 0 Å². The van der Waals surface area contributed by atoms with Crippen molar-refractivity contribution in [1.82, 2.24) is 10.2 Å². The molecular weight excluding hydrogens is 434 g/mol. The molecule has 2 aromatic rings. The van der Waals surface area contributed by atoms with Crippen LogP contribution in [-0.2, 0) is 24.7 Å². The van der Waals surface area contributed by atoms with E-state index in [0.717, 1.165) is 4.90 Å². The molecule has 2 aromatic carbocycles. The number of para-hydroxylation sites is 1. The number of likely N-dealkylation sites (tertiary alicyclic amines) is 1. The maximum atomic E-state index is 13.5. The molecule has 3 heterocycles. The van der Waals surface area contributed by atoms with Crippen molar-refractivity contribution in [1.29, 1.82) is 0 Å². The molecule has 0 bridgehead atoms. The van der Waals surface area contributed by atoms with Gasteiger partial charge < -0.3 is 15.2 Å². The van der Waals surface area contributed by atoms with Gasteiger partial charge in [-0.25, -0.2) is 0 Å². The number of hydrogen-bond acceptors (Lipinski definition) is 6. The zero-order valence-corrected chi connectivity index (χ0v) is 18.0. The lowest BCUT2D eigenvalue weighted by Crippen LogP contribution is -2.54. The van der Waals surface area contributed by atoms with E-state index in [4.69, 9.17) is 16.3 Å². The second-order valence-corrected chi connectivity index (χ2v) is 8.74. The van der Waals surface area contributed by atoms with E-state index in [1.54, 1.807) is 48.5 Å². The van der Waals surface area contributed by atoms with Crippen molar-refractivity contribution in [3.8, 4) is 0 Å². The molecule has 5 atom stereocenters. The highest BCUT2D eigenvalue weighted by Gasteiger charge is 2.71. The molecule has 2 fully saturated rings. The summed E-state index contributed by atoms with van der Waals surface area (Å²) >= 11 is 5.98. The van der Waals surface area contributed by atoms with Crippen LogP contribution < -0.4 is 10.6 Å². The van der Waals surface area contributed by atoms with Gasteiger partial charge in [0.1, 0.15) is 5.54 Å². The summed E-state index contributed by atoms with van der Waals surface area (Å²) in [4.78, 5) is 41.4. The molecular formula is C23H22ClN3O5. The van der Waals surface area contributed by atoms with E-state index in [1.165, 1.54) is 7.11 Å². The van der Waals surface area contributed by atoms with Crippen molar-refractivity contribution >= 4 is 35.0 Å². The predicted molar refractivity (Wildman–Crippen MR) is 116 cm³/mol. The number of methoxy groups -OCH3 is 1. The zero-order valence-electron chi connectivity index (χ0n) is 17.2. The molecule has 3 aliphatic heterocycles. The molecule has 5 rings (SSSR count). The van der Waals surface area contributed by atoms with E-state index in [2.05, 4.69) is 10.6 Å². The van der Waals surface area contributed by atoms with Crippen molar-refractivity contribution in [2.45, 2.75) is 17.7 Å². The molecule has 0 saturated carbocycles. The summed E-state index contributed by atoms with van der Waals surface area (Å²) in [6.07, 6.45) is -1.14. The van der Waals surface area contributed by atoms with Crippen LogP contribution in [0, 0.1) is 11.8 Å². The Bertz CT molecular complexity index is 1110. The maximum Gasteiger partial charge on any atom is 0.250 e. The Labute approximate surface area is 189 Å². The van der Waals surface area contributed by atoms with Crippen LogP contribution in [0.25, 0.3) is 0 Å². The van der Waals surface area contributed by atoms with Crippen LogP contribution in [0.1, 0.15) is 17.2 Å². The summed E-state index contributed by atoms with van der Waals surface area (Å²) in [7, 11) is 1.49. The van der Waals surface area contributed by atoms with Crippen molar-refractivity contribution in [3.05, 3.63) is 64.7 Å². The number of ether oxygens (including phenoxy) is 1. The fourth-order valence-corrected chi connectivity index (χ4v) is 5.41. The molecule has 2 saturated heterocycles. The molecule has 0 radical (unpaired) electrons. The van der Waals surface area contributed by atoms with E-state index in [1.807, 2.05) is 0 Å². The summed E-state index contributed by atoms with van der Waals surface area (Å²) in [5, 5.41) is 17.8. The number of carbonyl (C=O) groups is 3. The lowest BCUT2D eigenvalue weighted by atomic mass is 9.76. The van der Waals surface area contributed by atoms with Gasteiger partial charge in [-0.1, -0.05) is 41.9 Å². The Balaban J connectivity index is 1.63. The number of amides is 3. The van der Waals surface area contributed by atoms with E-state index in [9.17, 15) is 19.5 Å². The second kappa shape index (κ2) is 7.67. The molecule has 166 valence electrons. The predicted octanol–water partition coefficient (Wildman–Crippen LogP) is 1.44. The van der Waals surface area contributed by atoms with Gasteiger partial charge in [-0.2, -0.15) is 0 Å². The Kier molecular flexibility index (Phi) is 5.05. The topological polar surface area (TPSA) is 108 Å². The molecule has 3 aliphatic rings. The first-order valence-electron chi connectivity index (χ1n) is 10.4. The Morgan fingerprint density at radius 2 is 1.84 bits per heavy atom. The van der Waals surface area contributed by atoms with Crippen molar-refractivity contribution in [2.75, 3.05) is 25.6 Å². The number of imide groups is 1. The molecule has 3 amide bonds. The summed E-state index contributed by atoms with van der Waals surface area (Å²) < 4.78 is 5.07.